The van der Waals surface area contributed by atoms with Crippen LogP contribution in [0.3, 0.4) is 0 Å². The molecule has 0 aliphatic rings. The molecule has 2 rings (SSSR count). The van der Waals surface area contributed by atoms with E-state index in [0.29, 0.717) is 22.8 Å². The van der Waals surface area contributed by atoms with Crippen LogP contribution in [0.4, 0.5) is 5.69 Å². The van der Waals surface area contributed by atoms with Gasteiger partial charge in [0, 0.05) is 11.6 Å². The van der Waals surface area contributed by atoms with Gasteiger partial charge in [-0.05, 0) is 30.7 Å². The first-order valence-corrected chi connectivity index (χ1v) is 6.90. The van der Waals surface area contributed by atoms with E-state index in [0.717, 1.165) is 5.56 Å². The zero-order valence-electron chi connectivity index (χ0n) is 12.9. The second kappa shape index (κ2) is 7.31. The lowest BCUT2D eigenvalue weighted by molar-refractivity contribution is -0.112. The van der Waals surface area contributed by atoms with E-state index in [1.54, 1.807) is 39.3 Å². The standard InChI is InChI=1S/C18H19NO3/c1-13(11-14-7-5-4-6-8-14)18(20)19-16-10-9-15(21-2)12-17(16)22-3/h4-12H,1-3H3,(H,19,20)/b13-11+. The van der Waals surface area contributed by atoms with Crippen molar-refractivity contribution in [3.8, 4) is 11.5 Å². The molecule has 4 heteroatoms. The van der Waals surface area contributed by atoms with Gasteiger partial charge in [0.05, 0.1) is 19.9 Å². The summed E-state index contributed by atoms with van der Waals surface area (Å²) in [5.41, 5.74) is 2.20. The van der Waals surface area contributed by atoms with Gasteiger partial charge in [0.25, 0.3) is 5.91 Å². The minimum atomic E-state index is -0.174. The van der Waals surface area contributed by atoms with Crippen LogP contribution in [0, 0.1) is 0 Å². The Bertz CT molecular complexity index is 678. The number of rotatable bonds is 5. The molecule has 1 N–H and O–H groups in total. The molecule has 2 aromatic rings. The van der Waals surface area contributed by atoms with Crippen molar-refractivity contribution in [3.63, 3.8) is 0 Å². The molecule has 0 atom stereocenters. The van der Waals surface area contributed by atoms with Crippen LogP contribution in [0.2, 0.25) is 0 Å². The molecule has 0 heterocycles. The molecule has 1 amide bonds. The highest BCUT2D eigenvalue weighted by atomic mass is 16.5. The number of hydrogen-bond donors (Lipinski definition) is 1. The van der Waals surface area contributed by atoms with Gasteiger partial charge >= 0.3 is 0 Å². The molecule has 0 aliphatic heterocycles. The first kappa shape index (κ1) is 15.6. The van der Waals surface area contributed by atoms with Crippen molar-refractivity contribution in [2.45, 2.75) is 6.92 Å². The van der Waals surface area contributed by atoms with Gasteiger partial charge in [-0.3, -0.25) is 4.79 Å². The summed E-state index contributed by atoms with van der Waals surface area (Å²) in [5, 5.41) is 2.84. The van der Waals surface area contributed by atoms with Crippen LogP contribution < -0.4 is 14.8 Å². The van der Waals surface area contributed by atoms with Crippen molar-refractivity contribution in [1.82, 2.24) is 0 Å². The molecule has 0 bridgehead atoms. The van der Waals surface area contributed by atoms with Crippen LogP contribution in [0.5, 0.6) is 11.5 Å². The largest absolute Gasteiger partial charge is 0.497 e. The molecule has 2 aromatic carbocycles. The molecule has 114 valence electrons. The highest BCUT2D eigenvalue weighted by Crippen LogP contribution is 2.29. The Labute approximate surface area is 130 Å². The van der Waals surface area contributed by atoms with Gasteiger partial charge in [-0.2, -0.15) is 0 Å². The Balaban J connectivity index is 2.16. The smallest absolute Gasteiger partial charge is 0.251 e. The number of methoxy groups -OCH3 is 2. The minimum Gasteiger partial charge on any atom is -0.497 e. The number of anilines is 1. The Hall–Kier alpha value is -2.75. The lowest BCUT2D eigenvalue weighted by atomic mass is 10.1. The first-order chi connectivity index (χ1) is 10.6. The monoisotopic (exact) mass is 297 g/mol. The van der Waals surface area contributed by atoms with E-state index in [2.05, 4.69) is 5.32 Å². The summed E-state index contributed by atoms with van der Waals surface area (Å²) in [6.45, 7) is 1.78. The van der Waals surface area contributed by atoms with E-state index in [1.165, 1.54) is 0 Å². The van der Waals surface area contributed by atoms with Crippen LogP contribution in [0.1, 0.15) is 12.5 Å². The third-order valence-corrected chi connectivity index (χ3v) is 3.20. The third kappa shape index (κ3) is 3.88. The molecule has 0 aliphatic carbocycles. The molecule has 0 saturated carbocycles. The van der Waals surface area contributed by atoms with Crippen molar-refractivity contribution in [2.24, 2.45) is 0 Å². The quantitative estimate of drug-likeness (QED) is 0.855. The molecule has 4 nitrogen and oxygen atoms in total. The fraction of sp³-hybridized carbons (Fsp3) is 0.167. The van der Waals surface area contributed by atoms with Crippen LogP contribution >= 0.6 is 0 Å². The average molecular weight is 297 g/mol. The molecule has 0 fully saturated rings. The molecular formula is C18H19NO3. The van der Waals surface area contributed by atoms with Crippen LogP contribution in [-0.4, -0.2) is 20.1 Å². The van der Waals surface area contributed by atoms with Crippen molar-refractivity contribution in [3.05, 3.63) is 59.7 Å². The highest BCUT2D eigenvalue weighted by Gasteiger charge is 2.10. The van der Waals surface area contributed by atoms with Crippen molar-refractivity contribution >= 4 is 17.7 Å². The van der Waals surface area contributed by atoms with E-state index in [1.807, 2.05) is 36.4 Å². The molecule has 0 saturated heterocycles. The molecule has 0 unspecified atom stereocenters. The number of benzene rings is 2. The number of amides is 1. The maximum Gasteiger partial charge on any atom is 0.251 e. The summed E-state index contributed by atoms with van der Waals surface area (Å²) in [6, 6.07) is 15.0. The van der Waals surface area contributed by atoms with Crippen LogP contribution in [0.15, 0.2) is 54.1 Å². The van der Waals surface area contributed by atoms with Gasteiger partial charge < -0.3 is 14.8 Å². The van der Waals surface area contributed by atoms with E-state index in [9.17, 15) is 4.79 Å². The molecule has 0 spiro atoms. The third-order valence-electron chi connectivity index (χ3n) is 3.20. The van der Waals surface area contributed by atoms with E-state index in [-0.39, 0.29) is 5.91 Å². The van der Waals surface area contributed by atoms with Gasteiger partial charge in [-0.25, -0.2) is 0 Å². The molecule has 0 aromatic heterocycles. The minimum absolute atomic E-state index is 0.174. The summed E-state index contributed by atoms with van der Waals surface area (Å²) in [4.78, 5) is 12.3. The molecule has 0 radical (unpaired) electrons. The van der Waals surface area contributed by atoms with Crippen molar-refractivity contribution in [1.29, 1.82) is 0 Å². The maximum atomic E-state index is 12.3. The Morgan fingerprint density at radius 2 is 1.77 bits per heavy atom. The Morgan fingerprint density at radius 1 is 1.05 bits per heavy atom. The summed E-state index contributed by atoms with van der Waals surface area (Å²) in [5.74, 6) is 1.05. The average Bonchev–Trinajstić information content (AvgIpc) is 2.56. The SMILES string of the molecule is COc1ccc(NC(=O)/C(C)=C/c2ccccc2)c(OC)c1. The van der Waals surface area contributed by atoms with Crippen LogP contribution in [-0.2, 0) is 4.79 Å². The predicted octanol–water partition coefficient (Wildman–Crippen LogP) is 3.75. The second-order valence-electron chi connectivity index (χ2n) is 4.76. The van der Waals surface area contributed by atoms with Gasteiger partial charge in [-0.1, -0.05) is 30.3 Å². The summed E-state index contributed by atoms with van der Waals surface area (Å²) in [7, 11) is 3.14. The number of hydrogen-bond acceptors (Lipinski definition) is 3. The zero-order valence-corrected chi connectivity index (χ0v) is 12.9. The van der Waals surface area contributed by atoms with Gasteiger partial charge in [0.15, 0.2) is 0 Å². The predicted molar refractivity (Wildman–Crippen MR) is 88.3 cm³/mol. The summed E-state index contributed by atoms with van der Waals surface area (Å²) < 4.78 is 10.4. The van der Waals surface area contributed by atoms with Gasteiger partial charge in [-0.15, -0.1) is 0 Å². The second-order valence-corrected chi connectivity index (χ2v) is 4.76. The topological polar surface area (TPSA) is 47.6 Å². The lowest BCUT2D eigenvalue weighted by Crippen LogP contribution is -2.13. The molecular weight excluding hydrogens is 278 g/mol. The fourth-order valence-corrected chi connectivity index (χ4v) is 1.99. The number of carbonyl (C=O) groups is 1. The number of ether oxygens (including phenoxy) is 2. The van der Waals surface area contributed by atoms with Crippen molar-refractivity contribution in [2.75, 3.05) is 19.5 Å². The number of carbonyl (C=O) groups excluding carboxylic acids is 1. The highest BCUT2D eigenvalue weighted by molar-refractivity contribution is 6.06. The fourth-order valence-electron chi connectivity index (χ4n) is 1.99. The Kier molecular flexibility index (Phi) is 5.20. The normalized spacial score (nSPS) is 11.0. The first-order valence-electron chi connectivity index (χ1n) is 6.90. The van der Waals surface area contributed by atoms with E-state index >= 15 is 0 Å². The van der Waals surface area contributed by atoms with Crippen LogP contribution in [0.25, 0.3) is 6.08 Å². The lowest BCUT2D eigenvalue weighted by Gasteiger charge is -2.11. The van der Waals surface area contributed by atoms with E-state index in [4.69, 9.17) is 9.47 Å². The Morgan fingerprint density at radius 3 is 2.41 bits per heavy atom. The summed E-state index contributed by atoms with van der Waals surface area (Å²) >= 11 is 0. The maximum absolute atomic E-state index is 12.3. The van der Waals surface area contributed by atoms with E-state index < -0.39 is 0 Å². The van der Waals surface area contributed by atoms with Gasteiger partial charge in [0.1, 0.15) is 11.5 Å². The van der Waals surface area contributed by atoms with Crippen molar-refractivity contribution < 1.29 is 14.3 Å². The zero-order chi connectivity index (χ0) is 15.9. The number of nitrogens with one attached hydrogen (secondary N) is 1. The summed E-state index contributed by atoms with van der Waals surface area (Å²) in [6.07, 6.45) is 1.84. The van der Waals surface area contributed by atoms with Gasteiger partial charge in [0.2, 0.25) is 0 Å². The molecule has 22 heavy (non-hydrogen) atoms.